The molecule has 1 N–H and O–H groups in total. The van der Waals surface area contributed by atoms with E-state index < -0.39 is 17.6 Å². The van der Waals surface area contributed by atoms with Gasteiger partial charge in [0.05, 0.1) is 34.0 Å². The van der Waals surface area contributed by atoms with E-state index in [0.717, 1.165) is 11.3 Å². The van der Waals surface area contributed by atoms with Crippen LogP contribution in [0.5, 0.6) is 0 Å². The molecule has 0 unspecified atom stereocenters. The molecule has 1 aromatic heterocycles. The molecule has 0 saturated heterocycles. The molecule has 0 saturated carbocycles. The lowest BCUT2D eigenvalue weighted by Gasteiger charge is -2.21. The number of fused-ring (bicyclic) bond motifs is 1. The van der Waals surface area contributed by atoms with Crippen molar-refractivity contribution in [1.29, 1.82) is 0 Å². The third-order valence-corrected chi connectivity index (χ3v) is 5.16. The predicted octanol–water partition coefficient (Wildman–Crippen LogP) is 4.32. The van der Waals surface area contributed by atoms with Gasteiger partial charge in [0.1, 0.15) is 5.83 Å². The summed E-state index contributed by atoms with van der Waals surface area (Å²) in [7, 11) is 1.27. The van der Waals surface area contributed by atoms with Crippen molar-refractivity contribution < 1.29 is 23.8 Å². The highest BCUT2D eigenvalue weighted by Gasteiger charge is 2.37. The van der Waals surface area contributed by atoms with Gasteiger partial charge in [-0.25, -0.2) is 4.39 Å². The largest absolute Gasteiger partial charge is 0.493 e. The summed E-state index contributed by atoms with van der Waals surface area (Å²) in [6.07, 6.45) is -0.449. The van der Waals surface area contributed by atoms with Crippen LogP contribution in [0.25, 0.3) is 0 Å². The van der Waals surface area contributed by atoms with Gasteiger partial charge in [0, 0.05) is 17.7 Å². The van der Waals surface area contributed by atoms with Gasteiger partial charge < -0.3 is 9.84 Å². The average Bonchev–Trinajstić information content (AvgIpc) is 3.09. The van der Waals surface area contributed by atoms with Gasteiger partial charge in [-0.2, -0.15) is 0 Å². The van der Waals surface area contributed by atoms with Gasteiger partial charge in [0.15, 0.2) is 5.76 Å². The van der Waals surface area contributed by atoms with E-state index in [4.69, 9.17) is 16.3 Å². The van der Waals surface area contributed by atoms with Gasteiger partial charge in [-0.3, -0.25) is 14.6 Å². The third-order valence-electron chi connectivity index (χ3n) is 3.93. The Kier molecular flexibility index (Phi) is 4.62. The number of carbonyl (C=O) groups excluding carboxylic acids is 1. The number of methoxy groups -OCH3 is 1. The number of thiophene rings is 1. The zero-order valence-corrected chi connectivity index (χ0v) is 14.9. The summed E-state index contributed by atoms with van der Waals surface area (Å²) < 4.78 is 20.0. The second-order valence-electron chi connectivity index (χ2n) is 5.49. The number of Topliss-reactive ketones (excluding diaryl/α,β-unsaturated/α-hetero) is 1. The van der Waals surface area contributed by atoms with E-state index in [1.54, 1.807) is 19.1 Å². The number of hydrogen-bond donors (Lipinski definition) is 1. The summed E-state index contributed by atoms with van der Waals surface area (Å²) in [4.78, 5) is 28.8. The smallest absolute Gasteiger partial charge is 0.307 e. The van der Waals surface area contributed by atoms with Crippen molar-refractivity contribution in [3.05, 3.63) is 55.3 Å². The summed E-state index contributed by atoms with van der Waals surface area (Å²) in [6.45, 7) is 1.64. The summed E-state index contributed by atoms with van der Waals surface area (Å²) in [5.74, 6) is -2.32. The zero-order chi connectivity index (χ0) is 18.3. The highest BCUT2D eigenvalue weighted by Crippen LogP contribution is 2.42. The van der Waals surface area contributed by atoms with Gasteiger partial charge in [-0.15, -0.1) is 11.3 Å². The molecule has 1 aromatic rings. The second-order valence-corrected chi connectivity index (χ2v) is 7.21. The number of ketones is 1. The Hall–Kier alpha value is -2.25. The molecule has 2 aliphatic rings. The van der Waals surface area contributed by atoms with E-state index in [1.807, 2.05) is 0 Å². The molecule has 0 radical (unpaired) electrons. The Morgan fingerprint density at radius 1 is 1.44 bits per heavy atom. The minimum atomic E-state index is -1.06. The van der Waals surface area contributed by atoms with E-state index in [0.29, 0.717) is 31.8 Å². The lowest BCUT2D eigenvalue weighted by Crippen LogP contribution is -2.20. The molecule has 0 amide bonds. The van der Waals surface area contributed by atoms with Crippen LogP contribution in [0.3, 0.4) is 0 Å². The molecular formula is C17H13ClFNO4S. The molecule has 8 heteroatoms. The van der Waals surface area contributed by atoms with Crippen molar-refractivity contribution in [3.63, 3.8) is 0 Å². The molecule has 0 atom stereocenters. The Morgan fingerprint density at radius 2 is 2.16 bits per heavy atom. The van der Waals surface area contributed by atoms with Crippen LogP contribution < -0.4 is 0 Å². The molecule has 2 heterocycles. The van der Waals surface area contributed by atoms with E-state index >= 15 is 0 Å². The van der Waals surface area contributed by atoms with Gasteiger partial charge in [0.25, 0.3) is 0 Å². The Labute approximate surface area is 151 Å². The van der Waals surface area contributed by atoms with Gasteiger partial charge >= 0.3 is 5.97 Å². The number of carboxylic acids is 1. The maximum absolute atomic E-state index is 14.5. The van der Waals surface area contributed by atoms with Gasteiger partial charge in [-0.05, 0) is 24.6 Å². The summed E-state index contributed by atoms with van der Waals surface area (Å²) in [6, 6.07) is 3.12. The van der Waals surface area contributed by atoms with Crippen molar-refractivity contribution in [1.82, 2.24) is 0 Å². The van der Waals surface area contributed by atoms with Crippen LogP contribution in [0.4, 0.5) is 4.39 Å². The summed E-state index contributed by atoms with van der Waals surface area (Å²) in [5.41, 5.74) is 1.56. The molecule has 5 nitrogen and oxygen atoms in total. The van der Waals surface area contributed by atoms with Crippen LogP contribution in [0.1, 0.15) is 29.4 Å². The normalized spacial score (nSPS) is 17.0. The number of halogens is 2. The van der Waals surface area contributed by atoms with Crippen molar-refractivity contribution in [3.8, 4) is 0 Å². The summed E-state index contributed by atoms with van der Waals surface area (Å²) in [5, 5.41) is 9.18. The van der Waals surface area contributed by atoms with Gasteiger partial charge in [0.2, 0.25) is 5.78 Å². The lowest BCUT2D eigenvalue weighted by molar-refractivity contribution is -0.136. The van der Waals surface area contributed by atoms with Crippen molar-refractivity contribution in [2.45, 2.75) is 19.8 Å². The first-order chi connectivity index (χ1) is 11.8. The van der Waals surface area contributed by atoms with Crippen molar-refractivity contribution >= 4 is 40.4 Å². The minimum absolute atomic E-state index is 0.00313. The molecule has 0 spiro atoms. The van der Waals surface area contributed by atoms with E-state index in [1.165, 1.54) is 7.11 Å². The first-order valence-electron chi connectivity index (χ1n) is 7.30. The van der Waals surface area contributed by atoms with Crippen LogP contribution in [0.2, 0.25) is 4.34 Å². The number of allylic oxidation sites excluding steroid dienone is 4. The molecule has 3 rings (SSSR count). The third kappa shape index (κ3) is 3.05. The van der Waals surface area contributed by atoms with Gasteiger partial charge in [-0.1, -0.05) is 11.6 Å². The minimum Gasteiger partial charge on any atom is -0.493 e. The standard InChI is InChI=1S/C17H13ClFNO4S/c1-7-8(5-13(21)22)14-10(20-7)6-9(19)17(24-2)15(14)16(23)11-3-4-12(18)25-11/h3-4H,5-6H2,1-2H3,(H,21,22). The lowest BCUT2D eigenvalue weighted by atomic mass is 9.85. The number of carboxylic acid groups (broad SMARTS) is 1. The summed E-state index contributed by atoms with van der Waals surface area (Å²) >= 11 is 6.96. The van der Waals surface area contributed by atoms with Crippen LogP contribution >= 0.6 is 22.9 Å². The maximum atomic E-state index is 14.5. The molecule has 1 aliphatic carbocycles. The molecule has 0 fully saturated rings. The number of ether oxygens (including phenoxy) is 1. The molecule has 1 aliphatic heterocycles. The number of nitrogens with zero attached hydrogens (tertiary/aromatic N) is 1. The quantitative estimate of drug-likeness (QED) is 0.771. The SMILES string of the molecule is COC1=C(F)CC2=NC(C)=C(CC(=O)O)C2=C1C(=O)c1ccc(Cl)s1. The topological polar surface area (TPSA) is 76.0 Å². The molecule has 0 bridgehead atoms. The molecular weight excluding hydrogens is 369 g/mol. The van der Waals surface area contributed by atoms with Crippen molar-refractivity contribution in [2.75, 3.05) is 7.11 Å². The first kappa shape index (κ1) is 17.6. The fourth-order valence-corrected chi connectivity index (χ4v) is 3.93. The highest BCUT2D eigenvalue weighted by molar-refractivity contribution is 7.18. The average molecular weight is 382 g/mol. The van der Waals surface area contributed by atoms with E-state index in [2.05, 4.69) is 4.99 Å². The second kappa shape index (κ2) is 6.57. The highest BCUT2D eigenvalue weighted by atomic mass is 35.5. The first-order valence-corrected chi connectivity index (χ1v) is 8.50. The molecule has 130 valence electrons. The number of carbonyl (C=O) groups is 2. The van der Waals surface area contributed by atoms with Crippen LogP contribution in [-0.4, -0.2) is 29.7 Å². The molecule has 0 aromatic carbocycles. The van der Waals surface area contributed by atoms with Crippen molar-refractivity contribution in [2.24, 2.45) is 4.99 Å². The predicted molar refractivity (Wildman–Crippen MR) is 92.8 cm³/mol. The Balaban J connectivity index is 2.23. The number of aliphatic carboxylic acids is 1. The number of rotatable bonds is 5. The number of aliphatic imine (C=N–C) groups is 1. The number of hydrogen-bond acceptors (Lipinski definition) is 5. The Bertz CT molecular complexity index is 923. The zero-order valence-electron chi connectivity index (χ0n) is 13.4. The maximum Gasteiger partial charge on any atom is 0.307 e. The Morgan fingerprint density at radius 3 is 2.72 bits per heavy atom. The fraction of sp³-hybridized carbons (Fsp3) is 0.235. The van der Waals surface area contributed by atoms with Crippen LogP contribution in [-0.2, 0) is 9.53 Å². The monoisotopic (exact) mass is 381 g/mol. The fourth-order valence-electron chi connectivity index (χ4n) is 2.94. The van der Waals surface area contributed by atoms with Crippen LogP contribution in [0, 0.1) is 0 Å². The van der Waals surface area contributed by atoms with E-state index in [9.17, 15) is 19.1 Å². The molecule has 25 heavy (non-hydrogen) atoms. The van der Waals surface area contributed by atoms with Crippen LogP contribution in [0.15, 0.2) is 51.1 Å². The van der Waals surface area contributed by atoms with E-state index in [-0.39, 0.29) is 24.2 Å².